The molecule has 1 fully saturated rings. The third kappa shape index (κ3) is 4.64. The number of hydrogen-bond donors (Lipinski definition) is 1. The minimum absolute atomic E-state index is 0.0667. The number of amides is 2. The molecule has 140 valence electrons. The monoisotopic (exact) mass is 421 g/mol. The van der Waals surface area contributed by atoms with Crippen molar-refractivity contribution >= 4 is 63.3 Å². The number of thioether (sulfide) groups is 1. The van der Waals surface area contributed by atoms with E-state index in [2.05, 4.69) is 10.3 Å². The molecule has 1 N–H and O–H groups in total. The first-order chi connectivity index (χ1) is 13.0. The van der Waals surface area contributed by atoms with Gasteiger partial charge in [0.25, 0.3) is 0 Å². The van der Waals surface area contributed by atoms with E-state index < -0.39 is 5.25 Å². The summed E-state index contributed by atoms with van der Waals surface area (Å²) >= 11 is 13.5. The van der Waals surface area contributed by atoms with Crippen LogP contribution in [0.5, 0.6) is 0 Å². The fraction of sp³-hybridized carbons (Fsp3) is 0.211. The third-order valence-electron chi connectivity index (χ3n) is 3.91. The highest BCUT2D eigenvalue weighted by atomic mass is 35.5. The zero-order valence-electron chi connectivity index (χ0n) is 14.5. The van der Waals surface area contributed by atoms with Crippen molar-refractivity contribution in [3.63, 3.8) is 0 Å². The van der Waals surface area contributed by atoms with E-state index in [1.807, 2.05) is 25.1 Å². The van der Waals surface area contributed by atoms with Crippen LogP contribution in [0.15, 0.2) is 53.5 Å². The maximum absolute atomic E-state index is 12.7. The average molecular weight is 422 g/mol. The molecule has 2 amide bonds. The number of carbonyl (C=O) groups is 2. The maximum Gasteiger partial charge on any atom is 0.242 e. The first kappa shape index (κ1) is 19.7. The Morgan fingerprint density at radius 1 is 1.19 bits per heavy atom. The van der Waals surface area contributed by atoms with Gasteiger partial charge in [-0.15, -0.1) is 0 Å². The molecule has 0 unspecified atom stereocenters. The number of hydrogen-bond acceptors (Lipinski definition) is 4. The van der Waals surface area contributed by atoms with Crippen molar-refractivity contribution in [2.45, 2.75) is 18.6 Å². The molecule has 0 aromatic heterocycles. The minimum atomic E-state index is -0.523. The molecule has 1 atom stereocenters. The SMILES string of the molecule is CCN1C(=O)[C@H](CC(=O)Nc2ccccc2)SC1=Nc1cccc(Cl)c1Cl. The number of nitrogens with one attached hydrogen (secondary N) is 1. The van der Waals surface area contributed by atoms with Gasteiger partial charge in [-0.1, -0.05) is 59.2 Å². The molecule has 1 saturated heterocycles. The third-order valence-corrected chi connectivity index (χ3v) is 5.90. The fourth-order valence-corrected chi connectivity index (χ4v) is 4.15. The molecule has 0 bridgehead atoms. The highest BCUT2D eigenvalue weighted by Crippen LogP contribution is 2.36. The van der Waals surface area contributed by atoms with Crippen LogP contribution in [0, 0.1) is 0 Å². The van der Waals surface area contributed by atoms with E-state index in [9.17, 15) is 9.59 Å². The summed E-state index contributed by atoms with van der Waals surface area (Å²) in [6.45, 7) is 2.32. The molecule has 0 saturated carbocycles. The summed E-state index contributed by atoms with van der Waals surface area (Å²) < 4.78 is 0. The fourth-order valence-electron chi connectivity index (χ4n) is 2.60. The van der Waals surface area contributed by atoms with Crippen molar-refractivity contribution in [1.29, 1.82) is 0 Å². The molecule has 3 rings (SSSR count). The van der Waals surface area contributed by atoms with Crippen molar-refractivity contribution in [2.75, 3.05) is 11.9 Å². The number of nitrogens with zero attached hydrogens (tertiary/aromatic N) is 2. The molecule has 1 aliphatic heterocycles. The number of halogens is 2. The van der Waals surface area contributed by atoms with Crippen LogP contribution in [0.2, 0.25) is 10.0 Å². The number of amidine groups is 1. The first-order valence-electron chi connectivity index (χ1n) is 8.35. The van der Waals surface area contributed by atoms with Crippen molar-refractivity contribution in [2.24, 2.45) is 4.99 Å². The lowest BCUT2D eigenvalue weighted by Gasteiger charge is -2.13. The van der Waals surface area contributed by atoms with Crippen molar-refractivity contribution < 1.29 is 9.59 Å². The second kappa shape index (κ2) is 8.78. The Balaban J connectivity index is 1.75. The number of carbonyl (C=O) groups excluding carboxylic acids is 2. The summed E-state index contributed by atoms with van der Waals surface area (Å²) in [5.41, 5.74) is 1.19. The van der Waals surface area contributed by atoms with Crippen LogP contribution < -0.4 is 5.32 Å². The molecule has 2 aromatic carbocycles. The van der Waals surface area contributed by atoms with Crippen LogP contribution in [0.3, 0.4) is 0 Å². The van der Waals surface area contributed by atoms with Crippen LogP contribution in [0.25, 0.3) is 0 Å². The van der Waals surface area contributed by atoms with Gasteiger partial charge in [-0.25, -0.2) is 4.99 Å². The van der Waals surface area contributed by atoms with E-state index in [1.165, 1.54) is 11.8 Å². The summed E-state index contributed by atoms with van der Waals surface area (Å²) in [7, 11) is 0. The van der Waals surface area contributed by atoms with Crippen LogP contribution in [-0.4, -0.2) is 33.7 Å². The molecule has 0 aliphatic carbocycles. The molecule has 2 aromatic rings. The summed E-state index contributed by atoms with van der Waals surface area (Å²) in [4.78, 5) is 31.0. The van der Waals surface area contributed by atoms with Gasteiger partial charge in [-0.3, -0.25) is 14.5 Å². The number of anilines is 1. The lowest BCUT2D eigenvalue weighted by Crippen LogP contribution is -2.33. The Bertz CT molecular complexity index is 890. The lowest BCUT2D eigenvalue weighted by atomic mass is 10.2. The Morgan fingerprint density at radius 3 is 2.63 bits per heavy atom. The van der Waals surface area contributed by atoms with E-state index >= 15 is 0 Å². The van der Waals surface area contributed by atoms with Crippen molar-refractivity contribution in [3.05, 3.63) is 58.6 Å². The van der Waals surface area contributed by atoms with Gasteiger partial charge in [0.1, 0.15) is 5.25 Å². The van der Waals surface area contributed by atoms with Gasteiger partial charge < -0.3 is 5.32 Å². The van der Waals surface area contributed by atoms with Gasteiger partial charge in [0, 0.05) is 18.7 Å². The van der Waals surface area contributed by atoms with E-state index in [-0.39, 0.29) is 18.2 Å². The minimum Gasteiger partial charge on any atom is -0.326 e. The quantitative estimate of drug-likeness (QED) is 0.740. The summed E-state index contributed by atoms with van der Waals surface area (Å²) in [5.74, 6) is -0.354. The second-order valence-electron chi connectivity index (χ2n) is 5.77. The normalized spacial score (nSPS) is 18.2. The topological polar surface area (TPSA) is 61.8 Å². The first-order valence-corrected chi connectivity index (χ1v) is 9.98. The zero-order chi connectivity index (χ0) is 19.4. The molecule has 1 aliphatic rings. The van der Waals surface area contributed by atoms with Crippen LogP contribution in [0.1, 0.15) is 13.3 Å². The van der Waals surface area contributed by atoms with Crippen LogP contribution in [0.4, 0.5) is 11.4 Å². The van der Waals surface area contributed by atoms with E-state index in [1.54, 1.807) is 35.2 Å². The van der Waals surface area contributed by atoms with Gasteiger partial charge in [0.15, 0.2) is 5.17 Å². The smallest absolute Gasteiger partial charge is 0.242 e. The molecule has 5 nitrogen and oxygen atoms in total. The maximum atomic E-state index is 12.7. The molecule has 0 radical (unpaired) electrons. The van der Waals surface area contributed by atoms with Gasteiger partial charge in [-0.2, -0.15) is 0 Å². The molecule has 27 heavy (non-hydrogen) atoms. The molecule has 1 heterocycles. The van der Waals surface area contributed by atoms with E-state index in [4.69, 9.17) is 23.2 Å². The Labute approximate surface area is 171 Å². The molecule has 8 heteroatoms. The predicted octanol–water partition coefficient (Wildman–Crippen LogP) is 4.97. The van der Waals surface area contributed by atoms with Gasteiger partial charge >= 0.3 is 0 Å². The van der Waals surface area contributed by atoms with Gasteiger partial charge in [-0.05, 0) is 31.2 Å². The van der Waals surface area contributed by atoms with Gasteiger partial charge in [0.2, 0.25) is 11.8 Å². The number of rotatable bonds is 5. The predicted molar refractivity (Wildman–Crippen MR) is 112 cm³/mol. The summed E-state index contributed by atoms with van der Waals surface area (Å²) in [5, 5.41) is 3.53. The highest BCUT2D eigenvalue weighted by molar-refractivity contribution is 8.15. The summed E-state index contributed by atoms with van der Waals surface area (Å²) in [6, 6.07) is 14.3. The largest absolute Gasteiger partial charge is 0.326 e. The van der Waals surface area contributed by atoms with Crippen molar-refractivity contribution in [1.82, 2.24) is 4.90 Å². The van der Waals surface area contributed by atoms with Crippen LogP contribution >= 0.6 is 35.0 Å². The van der Waals surface area contributed by atoms with Gasteiger partial charge in [0.05, 0.1) is 15.7 Å². The van der Waals surface area contributed by atoms with Crippen LogP contribution in [-0.2, 0) is 9.59 Å². The average Bonchev–Trinajstić information content (AvgIpc) is 2.94. The van der Waals surface area contributed by atoms with Crippen molar-refractivity contribution in [3.8, 4) is 0 Å². The Kier molecular flexibility index (Phi) is 6.42. The Morgan fingerprint density at radius 2 is 1.93 bits per heavy atom. The molecular formula is C19H17Cl2N3O2S. The molecular weight excluding hydrogens is 405 g/mol. The summed E-state index contributed by atoms with van der Waals surface area (Å²) in [6.07, 6.45) is 0.0667. The number of aliphatic imine (C=N–C) groups is 1. The standard InChI is InChI=1S/C19H17Cl2N3O2S/c1-2-24-18(26)15(11-16(25)22-12-7-4-3-5-8-12)27-19(24)23-14-10-6-9-13(20)17(14)21/h3-10,15H,2,11H2,1H3,(H,22,25)/t15-/m0/s1. The molecule has 0 spiro atoms. The van der Waals surface area contributed by atoms with E-state index in [0.717, 1.165) is 0 Å². The number of benzene rings is 2. The highest BCUT2D eigenvalue weighted by Gasteiger charge is 2.38. The second-order valence-corrected chi connectivity index (χ2v) is 7.73. The lowest BCUT2D eigenvalue weighted by molar-refractivity contribution is -0.128. The number of para-hydroxylation sites is 1. The zero-order valence-corrected chi connectivity index (χ0v) is 16.8. The van der Waals surface area contributed by atoms with E-state index in [0.29, 0.717) is 33.1 Å². The Hall–Kier alpha value is -2.02.